The number of imidazole rings is 1. The Bertz CT molecular complexity index is 1220. The van der Waals surface area contributed by atoms with Crippen LogP contribution in [0, 0.1) is 12.7 Å². The van der Waals surface area contributed by atoms with Crippen molar-refractivity contribution < 1.29 is 9.18 Å². The highest BCUT2D eigenvalue weighted by atomic mass is 79.9. The zero-order valence-corrected chi connectivity index (χ0v) is 17.4. The summed E-state index contributed by atoms with van der Waals surface area (Å²) in [5.41, 5.74) is 4.37. The van der Waals surface area contributed by atoms with Gasteiger partial charge in [0.05, 0.1) is 11.0 Å². The summed E-state index contributed by atoms with van der Waals surface area (Å²) >= 11 is 3.38. The van der Waals surface area contributed by atoms with Crippen molar-refractivity contribution in [3.8, 4) is 0 Å². The molecule has 0 aliphatic heterocycles. The normalized spacial score (nSPS) is 10.9. The van der Waals surface area contributed by atoms with Crippen LogP contribution < -0.4 is 10.6 Å². The van der Waals surface area contributed by atoms with Gasteiger partial charge in [-0.3, -0.25) is 4.79 Å². The zero-order valence-electron chi connectivity index (χ0n) is 15.8. The van der Waals surface area contributed by atoms with Crippen LogP contribution in [0.3, 0.4) is 0 Å². The Morgan fingerprint density at radius 1 is 1.07 bits per heavy atom. The van der Waals surface area contributed by atoms with E-state index >= 15 is 0 Å². The molecule has 0 radical (unpaired) electrons. The van der Waals surface area contributed by atoms with Crippen LogP contribution in [0.1, 0.15) is 15.9 Å². The van der Waals surface area contributed by atoms with Crippen LogP contribution in [0.5, 0.6) is 0 Å². The number of amides is 1. The molecule has 4 rings (SSSR count). The number of carbonyl (C=O) groups is 1. The number of hydrogen-bond donors (Lipinski definition) is 2. The van der Waals surface area contributed by atoms with Crippen LogP contribution >= 0.6 is 15.9 Å². The van der Waals surface area contributed by atoms with Crippen molar-refractivity contribution in [1.29, 1.82) is 0 Å². The Hall–Kier alpha value is -3.19. The smallest absolute Gasteiger partial charge is 0.255 e. The molecule has 0 aliphatic rings. The van der Waals surface area contributed by atoms with E-state index in [2.05, 4.69) is 31.5 Å². The minimum atomic E-state index is -0.278. The number of hydrogen-bond acceptors (Lipinski definition) is 3. The predicted octanol–water partition coefficient (Wildman–Crippen LogP) is 5.78. The molecule has 7 heteroatoms. The quantitative estimate of drug-likeness (QED) is 0.412. The van der Waals surface area contributed by atoms with Crippen molar-refractivity contribution in [2.75, 3.05) is 10.6 Å². The van der Waals surface area contributed by atoms with E-state index in [1.807, 2.05) is 48.9 Å². The van der Waals surface area contributed by atoms with Gasteiger partial charge in [-0.1, -0.05) is 15.9 Å². The SMILES string of the molecule is Cc1cc(F)ccc1Nc1nc2cc(C(=O)Nc3ccc(Br)cc3)ccc2n1C. The lowest BCUT2D eigenvalue weighted by Gasteiger charge is -2.09. The van der Waals surface area contributed by atoms with E-state index < -0.39 is 0 Å². The molecule has 0 fully saturated rings. The number of fused-ring (bicyclic) bond motifs is 1. The molecule has 1 heterocycles. The summed E-state index contributed by atoms with van der Waals surface area (Å²) in [6.45, 7) is 1.83. The van der Waals surface area contributed by atoms with Crippen molar-refractivity contribution >= 4 is 50.2 Å². The van der Waals surface area contributed by atoms with Crippen LogP contribution in [0.25, 0.3) is 11.0 Å². The van der Waals surface area contributed by atoms with Gasteiger partial charge in [0, 0.05) is 28.5 Å². The molecular formula is C22H18BrFN4O. The van der Waals surface area contributed by atoms with Crippen molar-refractivity contribution in [3.63, 3.8) is 0 Å². The van der Waals surface area contributed by atoms with E-state index in [0.717, 1.165) is 21.2 Å². The minimum Gasteiger partial charge on any atom is -0.325 e. The zero-order chi connectivity index (χ0) is 20.5. The van der Waals surface area contributed by atoms with E-state index in [1.165, 1.54) is 12.1 Å². The predicted molar refractivity (Wildman–Crippen MR) is 117 cm³/mol. The summed E-state index contributed by atoms with van der Waals surface area (Å²) in [6, 6.07) is 17.3. The van der Waals surface area contributed by atoms with Gasteiger partial charge in [-0.25, -0.2) is 9.37 Å². The maximum absolute atomic E-state index is 13.3. The number of carbonyl (C=O) groups excluding carboxylic acids is 1. The van der Waals surface area contributed by atoms with Gasteiger partial charge < -0.3 is 15.2 Å². The number of rotatable bonds is 4. The first-order chi connectivity index (χ1) is 13.9. The Morgan fingerprint density at radius 2 is 1.83 bits per heavy atom. The molecule has 146 valence electrons. The second-order valence-corrected chi connectivity index (χ2v) is 7.66. The van der Waals surface area contributed by atoms with Gasteiger partial charge in [0.1, 0.15) is 5.82 Å². The van der Waals surface area contributed by atoms with Crippen LogP contribution in [0.4, 0.5) is 21.7 Å². The highest BCUT2D eigenvalue weighted by molar-refractivity contribution is 9.10. The first-order valence-electron chi connectivity index (χ1n) is 8.97. The summed E-state index contributed by atoms with van der Waals surface area (Å²) in [4.78, 5) is 17.2. The fraction of sp³-hybridized carbons (Fsp3) is 0.0909. The Balaban J connectivity index is 1.61. The molecule has 1 aromatic heterocycles. The minimum absolute atomic E-state index is 0.205. The number of nitrogens with zero attached hydrogens (tertiary/aromatic N) is 2. The summed E-state index contributed by atoms with van der Waals surface area (Å²) in [7, 11) is 1.89. The third-order valence-corrected chi connectivity index (χ3v) is 5.21. The molecule has 0 saturated heterocycles. The van der Waals surface area contributed by atoms with Crippen LogP contribution in [-0.2, 0) is 7.05 Å². The van der Waals surface area contributed by atoms with Crippen molar-refractivity contribution in [3.05, 3.63) is 82.1 Å². The lowest BCUT2D eigenvalue weighted by atomic mass is 10.2. The number of nitrogens with one attached hydrogen (secondary N) is 2. The molecule has 0 unspecified atom stereocenters. The van der Waals surface area contributed by atoms with Gasteiger partial charge in [0.15, 0.2) is 0 Å². The van der Waals surface area contributed by atoms with Gasteiger partial charge in [0.25, 0.3) is 5.91 Å². The lowest BCUT2D eigenvalue weighted by molar-refractivity contribution is 0.102. The number of aryl methyl sites for hydroxylation is 2. The number of benzene rings is 3. The molecule has 0 atom stereocenters. The molecule has 4 aromatic rings. The number of halogens is 2. The largest absolute Gasteiger partial charge is 0.325 e. The fourth-order valence-corrected chi connectivity index (χ4v) is 3.34. The van der Waals surface area contributed by atoms with Crippen molar-refractivity contribution in [2.45, 2.75) is 6.92 Å². The van der Waals surface area contributed by atoms with Gasteiger partial charge in [-0.05, 0) is 73.2 Å². The molecule has 0 bridgehead atoms. The average Bonchev–Trinajstić information content (AvgIpc) is 3.01. The number of anilines is 3. The van der Waals surface area contributed by atoms with Crippen molar-refractivity contribution in [2.24, 2.45) is 7.05 Å². The number of aromatic nitrogens is 2. The fourth-order valence-electron chi connectivity index (χ4n) is 3.08. The molecule has 0 saturated carbocycles. The Labute approximate surface area is 175 Å². The van der Waals surface area contributed by atoms with Crippen LogP contribution in [0.15, 0.2) is 65.1 Å². The maximum atomic E-state index is 13.3. The molecule has 2 N–H and O–H groups in total. The van der Waals surface area contributed by atoms with Crippen molar-refractivity contribution in [1.82, 2.24) is 9.55 Å². The summed E-state index contributed by atoms with van der Waals surface area (Å²) < 4.78 is 16.2. The molecule has 3 aromatic carbocycles. The highest BCUT2D eigenvalue weighted by Crippen LogP contribution is 2.25. The Morgan fingerprint density at radius 3 is 2.55 bits per heavy atom. The van der Waals surface area contributed by atoms with Gasteiger partial charge in [-0.15, -0.1) is 0 Å². The molecular weight excluding hydrogens is 435 g/mol. The molecule has 5 nitrogen and oxygen atoms in total. The standard InChI is InChI=1S/C22H18BrFN4O/c1-13-11-16(24)6-9-18(13)26-22-27-19-12-14(3-10-20(19)28(22)2)21(29)25-17-7-4-15(23)5-8-17/h3-12H,1-2H3,(H,25,29)(H,26,27). The first kappa shape index (κ1) is 19.1. The van der Waals surface area contributed by atoms with Gasteiger partial charge in [0.2, 0.25) is 5.95 Å². The van der Waals surface area contributed by atoms with Gasteiger partial charge >= 0.3 is 0 Å². The van der Waals surface area contributed by atoms with E-state index in [-0.39, 0.29) is 11.7 Å². The first-order valence-corrected chi connectivity index (χ1v) is 9.76. The molecule has 0 aliphatic carbocycles. The van der Waals surface area contributed by atoms with Crippen LogP contribution in [-0.4, -0.2) is 15.5 Å². The summed E-state index contributed by atoms with van der Waals surface area (Å²) in [6.07, 6.45) is 0. The second kappa shape index (κ2) is 7.67. The highest BCUT2D eigenvalue weighted by Gasteiger charge is 2.13. The van der Waals surface area contributed by atoms with E-state index in [9.17, 15) is 9.18 Å². The summed E-state index contributed by atoms with van der Waals surface area (Å²) in [5.74, 6) is 0.128. The maximum Gasteiger partial charge on any atom is 0.255 e. The van der Waals surface area contributed by atoms with E-state index in [1.54, 1.807) is 18.2 Å². The second-order valence-electron chi connectivity index (χ2n) is 6.74. The van der Waals surface area contributed by atoms with Crippen LogP contribution in [0.2, 0.25) is 0 Å². The monoisotopic (exact) mass is 452 g/mol. The Kier molecular flexibility index (Phi) is 5.07. The van der Waals surface area contributed by atoms with E-state index in [4.69, 9.17) is 0 Å². The topological polar surface area (TPSA) is 59.0 Å². The average molecular weight is 453 g/mol. The molecule has 0 spiro atoms. The third kappa shape index (κ3) is 4.00. The molecule has 1 amide bonds. The van der Waals surface area contributed by atoms with Gasteiger partial charge in [-0.2, -0.15) is 0 Å². The third-order valence-electron chi connectivity index (χ3n) is 4.68. The summed E-state index contributed by atoms with van der Waals surface area (Å²) in [5, 5.41) is 6.11. The molecule has 29 heavy (non-hydrogen) atoms. The van der Waals surface area contributed by atoms with E-state index in [0.29, 0.717) is 22.7 Å². The lowest BCUT2D eigenvalue weighted by Crippen LogP contribution is -2.11.